The number of carbonyl (C=O) groups is 1. The number of sulfonamides is 1. The first-order valence-electron chi connectivity index (χ1n) is 9.33. The van der Waals surface area contributed by atoms with Crippen LogP contribution in [-0.4, -0.2) is 53.1 Å². The van der Waals surface area contributed by atoms with Gasteiger partial charge in [-0.25, -0.2) is 16.8 Å². The molecule has 13 nitrogen and oxygen atoms in total. The lowest BCUT2D eigenvalue weighted by atomic mass is 10.1. The highest BCUT2D eigenvalue weighted by atomic mass is 32.2. The van der Waals surface area contributed by atoms with Crippen LogP contribution in [0.15, 0.2) is 50.1 Å². The van der Waals surface area contributed by atoms with Crippen molar-refractivity contribution < 1.29 is 26.5 Å². The first kappa shape index (κ1) is 25.7. The van der Waals surface area contributed by atoms with Crippen LogP contribution < -0.4 is 27.1 Å². The number of anilines is 1. The molecular weight excluding hydrogens is 476 g/mol. The number of oxime groups is 1. The molecule has 0 saturated heterocycles. The summed E-state index contributed by atoms with van der Waals surface area (Å²) in [6.45, 7) is 1.57. The van der Waals surface area contributed by atoms with Crippen molar-refractivity contribution in [2.45, 2.75) is 23.1 Å². The summed E-state index contributed by atoms with van der Waals surface area (Å²) in [5.74, 6) is -0.819. The summed E-state index contributed by atoms with van der Waals surface area (Å²) in [6.07, 6.45) is 0.519. The van der Waals surface area contributed by atoms with Gasteiger partial charge in [0.05, 0.1) is 17.9 Å². The Morgan fingerprint density at radius 3 is 2.39 bits per heavy atom. The van der Waals surface area contributed by atoms with Crippen LogP contribution in [0.25, 0.3) is 0 Å². The van der Waals surface area contributed by atoms with Crippen molar-refractivity contribution in [2.75, 3.05) is 24.1 Å². The molecule has 1 aromatic heterocycles. The topological polar surface area (TPSA) is 216 Å². The molecule has 1 heterocycles. The van der Waals surface area contributed by atoms with Crippen LogP contribution in [0.5, 0.6) is 0 Å². The van der Waals surface area contributed by atoms with Gasteiger partial charge in [-0.3, -0.25) is 14.3 Å². The number of aromatic amines is 1. The molecule has 0 spiro atoms. The van der Waals surface area contributed by atoms with Crippen LogP contribution >= 0.6 is 0 Å². The Labute approximate surface area is 190 Å². The number of pyridine rings is 1. The largest absolute Gasteiger partial charge is 0.391 e. The number of amides is 1. The molecule has 180 valence electrons. The Hall–Kier alpha value is -3.59. The molecule has 0 saturated carbocycles. The van der Waals surface area contributed by atoms with E-state index in [4.69, 9.17) is 16.3 Å². The highest BCUT2D eigenvalue weighted by Crippen LogP contribution is 2.24. The molecule has 7 N–H and O–H groups in total. The molecule has 1 aromatic carbocycles. The zero-order valence-electron chi connectivity index (χ0n) is 17.8. The molecule has 2 aromatic rings. The second kappa shape index (κ2) is 10.4. The van der Waals surface area contributed by atoms with Crippen LogP contribution in [0.3, 0.4) is 0 Å². The number of H-pyrrole nitrogens is 1. The molecule has 33 heavy (non-hydrogen) atoms. The van der Waals surface area contributed by atoms with E-state index in [1.807, 2.05) is 0 Å². The number of benzene rings is 1. The number of nitrogens with two attached hydrogens (primary N) is 2. The lowest BCUT2D eigenvalue weighted by Crippen LogP contribution is -2.30. The molecule has 0 aliphatic carbocycles. The highest BCUT2D eigenvalue weighted by Gasteiger charge is 2.26. The Bertz CT molecular complexity index is 1330. The van der Waals surface area contributed by atoms with Gasteiger partial charge >= 0.3 is 0 Å². The van der Waals surface area contributed by atoms with Gasteiger partial charge < -0.3 is 26.6 Å². The number of sulfone groups is 1. The number of hydrogen-bond donors (Lipinski definition) is 5. The van der Waals surface area contributed by atoms with E-state index in [-0.39, 0.29) is 31.1 Å². The maximum absolute atomic E-state index is 13.0. The quantitative estimate of drug-likeness (QED) is 0.114. The van der Waals surface area contributed by atoms with Crippen LogP contribution in [0.1, 0.15) is 11.3 Å². The van der Waals surface area contributed by atoms with Crippen molar-refractivity contribution in [3.63, 3.8) is 0 Å². The average molecular weight is 501 g/mol. The van der Waals surface area contributed by atoms with E-state index in [1.54, 1.807) is 6.92 Å². The smallest absolute Gasteiger partial charge is 0.272 e. The van der Waals surface area contributed by atoms with Crippen molar-refractivity contribution >= 4 is 37.4 Å². The zero-order valence-corrected chi connectivity index (χ0v) is 19.4. The lowest BCUT2D eigenvalue weighted by molar-refractivity contribution is -0.120. The molecule has 0 radical (unpaired) electrons. The van der Waals surface area contributed by atoms with Crippen molar-refractivity contribution in [3.8, 4) is 0 Å². The minimum absolute atomic E-state index is 0.0280. The van der Waals surface area contributed by atoms with Gasteiger partial charge in [0.15, 0.2) is 9.84 Å². The van der Waals surface area contributed by atoms with Gasteiger partial charge in [-0.2, -0.15) is 0 Å². The number of carbonyl (C=O) groups excluding carboxylic acids is 1. The van der Waals surface area contributed by atoms with Gasteiger partial charge in [0.2, 0.25) is 11.9 Å². The van der Waals surface area contributed by atoms with E-state index in [0.717, 1.165) is 18.4 Å². The normalized spacial score (nSPS) is 11.5. The maximum atomic E-state index is 13.0. The summed E-state index contributed by atoms with van der Waals surface area (Å²) in [4.78, 5) is 31.0. The molecule has 0 fully saturated rings. The van der Waals surface area contributed by atoms with Gasteiger partial charge in [-0.15, -0.1) is 0 Å². The number of rotatable bonds is 10. The van der Waals surface area contributed by atoms with Gasteiger partial charge in [-0.1, -0.05) is 12.1 Å². The van der Waals surface area contributed by atoms with Crippen molar-refractivity contribution in [1.29, 1.82) is 0 Å². The lowest BCUT2D eigenvalue weighted by Gasteiger charge is -2.14. The highest BCUT2D eigenvalue weighted by molar-refractivity contribution is 7.95. The van der Waals surface area contributed by atoms with Gasteiger partial charge in [0, 0.05) is 11.9 Å². The zero-order chi connectivity index (χ0) is 24.8. The van der Waals surface area contributed by atoms with E-state index >= 15 is 0 Å². The summed E-state index contributed by atoms with van der Waals surface area (Å²) in [7, 11) is -8.37. The third kappa shape index (κ3) is 7.21. The molecule has 0 bridgehead atoms. The SMILES string of the molecule is Cc1cc(CC(=O)NCCON=C(N)N)c(NS(=O)(=O)c2ccccc2S(C)(=O)=O)c(=O)[nH]1. The maximum Gasteiger partial charge on any atom is 0.272 e. The molecule has 0 atom stereocenters. The minimum atomic E-state index is -4.49. The Balaban J connectivity index is 2.31. The second-order valence-electron chi connectivity index (χ2n) is 6.88. The van der Waals surface area contributed by atoms with Gasteiger partial charge in [0.1, 0.15) is 17.2 Å². The summed E-state index contributed by atoms with van der Waals surface area (Å²) >= 11 is 0. The van der Waals surface area contributed by atoms with Crippen LogP contribution in [0, 0.1) is 6.92 Å². The molecule has 0 aliphatic rings. The van der Waals surface area contributed by atoms with Crippen molar-refractivity contribution in [2.24, 2.45) is 16.6 Å². The molecule has 15 heteroatoms. The average Bonchev–Trinajstić information content (AvgIpc) is 2.69. The predicted molar refractivity (Wildman–Crippen MR) is 121 cm³/mol. The van der Waals surface area contributed by atoms with Crippen LogP contribution in [-0.2, 0) is 35.9 Å². The van der Waals surface area contributed by atoms with Gasteiger partial charge in [0.25, 0.3) is 15.6 Å². The third-order valence-corrected chi connectivity index (χ3v) is 6.75. The fourth-order valence-corrected chi connectivity index (χ4v) is 5.50. The summed E-state index contributed by atoms with van der Waals surface area (Å²) in [5.41, 5.74) is 9.47. The monoisotopic (exact) mass is 500 g/mol. The second-order valence-corrected chi connectivity index (χ2v) is 10.5. The number of aryl methyl sites for hydroxylation is 1. The minimum Gasteiger partial charge on any atom is -0.391 e. The number of aromatic nitrogens is 1. The number of hydrogen-bond acceptors (Lipinski definition) is 8. The number of guanidine groups is 1. The van der Waals surface area contributed by atoms with E-state index in [2.05, 4.69) is 20.2 Å². The van der Waals surface area contributed by atoms with Crippen LogP contribution in [0.4, 0.5) is 5.69 Å². The molecule has 0 unspecified atom stereocenters. The van der Waals surface area contributed by atoms with Crippen molar-refractivity contribution in [1.82, 2.24) is 10.3 Å². The van der Waals surface area contributed by atoms with E-state index in [1.165, 1.54) is 18.2 Å². The predicted octanol–water partition coefficient (Wildman–Crippen LogP) is -1.25. The Morgan fingerprint density at radius 1 is 1.15 bits per heavy atom. The summed E-state index contributed by atoms with van der Waals surface area (Å²) in [5, 5.41) is 5.80. The van der Waals surface area contributed by atoms with E-state index in [0.29, 0.717) is 5.69 Å². The molecule has 2 rings (SSSR count). The molecular formula is C18H24N6O7S2. The van der Waals surface area contributed by atoms with Crippen LogP contribution in [0.2, 0.25) is 0 Å². The summed E-state index contributed by atoms with van der Waals surface area (Å²) < 4.78 is 52.1. The van der Waals surface area contributed by atoms with E-state index < -0.39 is 46.8 Å². The number of nitrogens with one attached hydrogen (secondary N) is 3. The molecule has 0 aliphatic heterocycles. The fraction of sp³-hybridized carbons (Fsp3) is 0.278. The number of nitrogens with zero attached hydrogens (tertiary/aromatic N) is 1. The Kier molecular flexibility index (Phi) is 8.05. The van der Waals surface area contributed by atoms with Gasteiger partial charge in [-0.05, 0) is 35.8 Å². The first-order chi connectivity index (χ1) is 15.3. The standard InChI is InChI=1S/C18H24N6O7S2/c1-11-9-12(10-15(25)21-7-8-31-23-18(19)20)16(17(26)22-11)24-33(29,30)14-6-4-3-5-13(14)32(2,27)28/h3-6,9,24H,7-8,10H2,1-2H3,(H,21,25)(H,22,26)(H4,19,20,23). The van der Waals surface area contributed by atoms with E-state index in [9.17, 15) is 26.4 Å². The fourth-order valence-electron chi connectivity index (χ4n) is 2.77. The summed E-state index contributed by atoms with van der Waals surface area (Å²) in [6, 6.07) is 6.39. The third-order valence-electron chi connectivity index (χ3n) is 4.06. The Morgan fingerprint density at radius 2 is 1.79 bits per heavy atom. The van der Waals surface area contributed by atoms with Crippen molar-refractivity contribution in [3.05, 3.63) is 51.9 Å². The first-order valence-corrected chi connectivity index (χ1v) is 12.7. The molecule has 1 amide bonds.